The zero-order chi connectivity index (χ0) is 10.6. The van der Waals surface area contributed by atoms with E-state index in [1.165, 1.54) is 16.8 Å². The molecule has 1 atom stereocenters. The third-order valence-corrected chi connectivity index (χ3v) is 1.72. The number of carboxylic acids is 1. The maximum Gasteiger partial charge on any atom is 0.306 e. The largest absolute Gasteiger partial charge is 0.481 e. The van der Waals surface area contributed by atoms with E-state index in [4.69, 9.17) is 5.11 Å². The Hall–Kier alpha value is -1.62. The summed E-state index contributed by atoms with van der Waals surface area (Å²) >= 11 is 0. The fraction of sp³-hybridized carbons (Fsp3) is 0.333. The Labute approximate surface area is 80.2 Å². The maximum absolute atomic E-state index is 11.1. The van der Waals surface area contributed by atoms with Crippen LogP contribution in [0.2, 0.25) is 0 Å². The van der Waals surface area contributed by atoms with Crippen LogP contribution < -0.4 is 5.56 Å². The fourth-order valence-electron chi connectivity index (χ4n) is 1.10. The minimum Gasteiger partial charge on any atom is -0.481 e. The van der Waals surface area contributed by atoms with Gasteiger partial charge in [-0.05, 0) is 6.07 Å². The van der Waals surface area contributed by atoms with Crippen LogP contribution in [-0.2, 0) is 11.3 Å². The number of aliphatic hydroxyl groups is 1. The van der Waals surface area contributed by atoms with Crippen molar-refractivity contribution in [3.05, 3.63) is 34.7 Å². The standard InChI is InChI=1S/C9H11NO4/c11-7(5-9(13)14)6-10-4-2-1-3-8(10)12/h1-4,7,11H,5-6H2,(H,13,14). The van der Waals surface area contributed by atoms with Crippen molar-refractivity contribution in [3.63, 3.8) is 0 Å². The first-order valence-corrected chi connectivity index (χ1v) is 4.15. The van der Waals surface area contributed by atoms with Gasteiger partial charge in [-0.1, -0.05) is 6.07 Å². The van der Waals surface area contributed by atoms with Gasteiger partial charge in [0.2, 0.25) is 0 Å². The normalized spacial score (nSPS) is 12.4. The molecule has 0 saturated heterocycles. The van der Waals surface area contributed by atoms with Gasteiger partial charge in [0.05, 0.1) is 19.1 Å². The van der Waals surface area contributed by atoms with Crippen LogP contribution in [0.5, 0.6) is 0 Å². The highest BCUT2D eigenvalue weighted by molar-refractivity contribution is 5.67. The Kier molecular flexibility index (Phi) is 3.41. The molecule has 0 amide bonds. The molecule has 76 valence electrons. The Morgan fingerprint density at radius 1 is 1.50 bits per heavy atom. The number of pyridine rings is 1. The quantitative estimate of drug-likeness (QED) is 0.693. The summed E-state index contributed by atoms with van der Waals surface area (Å²) < 4.78 is 1.27. The molecule has 0 aliphatic carbocycles. The van der Waals surface area contributed by atoms with Crippen LogP contribution in [0.1, 0.15) is 6.42 Å². The summed E-state index contributed by atoms with van der Waals surface area (Å²) in [5.74, 6) is -1.08. The number of hydrogen-bond donors (Lipinski definition) is 2. The lowest BCUT2D eigenvalue weighted by Crippen LogP contribution is -2.26. The van der Waals surface area contributed by atoms with Crippen molar-refractivity contribution in [1.82, 2.24) is 4.57 Å². The summed E-state index contributed by atoms with van der Waals surface area (Å²) in [7, 11) is 0. The molecule has 0 spiro atoms. The summed E-state index contributed by atoms with van der Waals surface area (Å²) in [5.41, 5.74) is -0.253. The number of carbonyl (C=O) groups is 1. The van der Waals surface area contributed by atoms with Crippen LogP contribution in [0.25, 0.3) is 0 Å². The second-order valence-electron chi connectivity index (χ2n) is 2.94. The lowest BCUT2D eigenvalue weighted by Gasteiger charge is -2.09. The molecule has 14 heavy (non-hydrogen) atoms. The number of hydrogen-bond acceptors (Lipinski definition) is 3. The van der Waals surface area contributed by atoms with E-state index in [-0.39, 0.29) is 18.5 Å². The predicted octanol–water partition coefficient (Wildman–Crippen LogP) is -0.316. The molecule has 1 aromatic rings. The monoisotopic (exact) mass is 197 g/mol. The van der Waals surface area contributed by atoms with Crippen LogP contribution in [0.4, 0.5) is 0 Å². The van der Waals surface area contributed by atoms with Gasteiger partial charge < -0.3 is 14.8 Å². The molecule has 0 aliphatic heterocycles. The van der Waals surface area contributed by atoms with E-state index in [9.17, 15) is 14.7 Å². The van der Waals surface area contributed by atoms with Gasteiger partial charge in [0.1, 0.15) is 0 Å². The van der Waals surface area contributed by atoms with Gasteiger partial charge in [-0.3, -0.25) is 9.59 Å². The lowest BCUT2D eigenvalue weighted by atomic mass is 10.2. The van der Waals surface area contributed by atoms with Crippen LogP contribution in [-0.4, -0.2) is 26.9 Å². The molecular formula is C9H11NO4. The first-order valence-electron chi connectivity index (χ1n) is 4.15. The van der Waals surface area contributed by atoms with Crippen molar-refractivity contribution < 1.29 is 15.0 Å². The number of nitrogens with zero attached hydrogens (tertiary/aromatic N) is 1. The van der Waals surface area contributed by atoms with E-state index < -0.39 is 12.1 Å². The summed E-state index contributed by atoms with van der Waals surface area (Å²) in [5, 5.41) is 17.6. The van der Waals surface area contributed by atoms with Crippen molar-refractivity contribution in [2.75, 3.05) is 0 Å². The molecule has 1 heterocycles. The summed E-state index contributed by atoms with van der Waals surface area (Å²) in [6.07, 6.45) is 0.113. The summed E-state index contributed by atoms with van der Waals surface area (Å²) in [6.45, 7) is 0.00593. The highest BCUT2D eigenvalue weighted by atomic mass is 16.4. The van der Waals surface area contributed by atoms with E-state index in [0.29, 0.717) is 0 Å². The molecule has 1 unspecified atom stereocenters. The zero-order valence-corrected chi connectivity index (χ0v) is 7.46. The summed E-state index contributed by atoms with van der Waals surface area (Å²) in [4.78, 5) is 21.4. The van der Waals surface area contributed by atoms with Crippen molar-refractivity contribution in [1.29, 1.82) is 0 Å². The van der Waals surface area contributed by atoms with E-state index in [1.807, 2.05) is 0 Å². The molecule has 0 saturated carbocycles. The van der Waals surface area contributed by atoms with E-state index in [2.05, 4.69) is 0 Å². The molecule has 2 N–H and O–H groups in total. The molecule has 0 fully saturated rings. The highest BCUT2D eigenvalue weighted by Gasteiger charge is 2.10. The molecular weight excluding hydrogens is 186 g/mol. The minimum absolute atomic E-state index is 0.00593. The lowest BCUT2D eigenvalue weighted by molar-refractivity contribution is -0.139. The highest BCUT2D eigenvalue weighted by Crippen LogP contribution is 1.94. The van der Waals surface area contributed by atoms with Gasteiger partial charge in [-0.15, -0.1) is 0 Å². The molecule has 5 nitrogen and oxygen atoms in total. The van der Waals surface area contributed by atoms with Crippen molar-refractivity contribution in [2.45, 2.75) is 19.1 Å². The average Bonchev–Trinajstić information content (AvgIpc) is 2.07. The molecule has 1 aromatic heterocycles. The van der Waals surface area contributed by atoms with Crippen LogP contribution in [0, 0.1) is 0 Å². The van der Waals surface area contributed by atoms with E-state index >= 15 is 0 Å². The van der Waals surface area contributed by atoms with E-state index in [0.717, 1.165) is 0 Å². The number of rotatable bonds is 4. The SMILES string of the molecule is O=C(O)CC(O)Cn1ccccc1=O. The van der Waals surface area contributed by atoms with Gasteiger partial charge >= 0.3 is 5.97 Å². The van der Waals surface area contributed by atoms with Crippen LogP contribution >= 0.6 is 0 Å². The second kappa shape index (κ2) is 4.57. The Morgan fingerprint density at radius 3 is 2.79 bits per heavy atom. The Bertz CT molecular complexity index is 371. The van der Waals surface area contributed by atoms with Crippen LogP contribution in [0.3, 0.4) is 0 Å². The van der Waals surface area contributed by atoms with Crippen LogP contribution in [0.15, 0.2) is 29.2 Å². The Morgan fingerprint density at radius 2 is 2.21 bits per heavy atom. The third kappa shape index (κ3) is 3.02. The van der Waals surface area contributed by atoms with Gasteiger partial charge in [0.15, 0.2) is 0 Å². The molecule has 0 radical (unpaired) electrons. The van der Waals surface area contributed by atoms with Crippen molar-refractivity contribution >= 4 is 5.97 Å². The smallest absolute Gasteiger partial charge is 0.306 e. The molecule has 5 heteroatoms. The predicted molar refractivity (Wildman–Crippen MR) is 49.0 cm³/mol. The number of carboxylic acid groups (broad SMARTS) is 1. The molecule has 0 bridgehead atoms. The number of aliphatic carboxylic acids is 1. The average molecular weight is 197 g/mol. The first-order chi connectivity index (χ1) is 6.59. The molecule has 0 aromatic carbocycles. The Balaban J connectivity index is 2.65. The van der Waals surface area contributed by atoms with Gasteiger partial charge in [0.25, 0.3) is 5.56 Å². The zero-order valence-electron chi connectivity index (χ0n) is 7.46. The number of aliphatic hydroxyl groups excluding tert-OH is 1. The van der Waals surface area contributed by atoms with Gasteiger partial charge in [-0.25, -0.2) is 0 Å². The van der Waals surface area contributed by atoms with Gasteiger partial charge in [-0.2, -0.15) is 0 Å². The van der Waals surface area contributed by atoms with E-state index in [1.54, 1.807) is 12.1 Å². The third-order valence-electron chi connectivity index (χ3n) is 1.72. The molecule has 1 rings (SSSR count). The first kappa shape index (κ1) is 10.5. The van der Waals surface area contributed by atoms with Gasteiger partial charge in [0, 0.05) is 12.3 Å². The molecule has 0 aliphatic rings. The fourth-order valence-corrected chi connectivity index (χ4v) is 1.10. The second-order valence-corrected chi connectivity index (χ2v) is 2.94. The topological polar surface area (TPSA) is 79.5 Å². The maximum atomic E-state index is 11.1. The minimum atomic E-state index is -1.08. The van der Waals surface area contributed by atoms with Crippen molar-refractivity contribution in [3.8, 4) is 0 Å². The van der Waals surface area contributed by atoms with Crippen molar-refractivity contribution in [2.24, 2.45) is 0 Å². The number of aromatic nitrogens is 1. The summed E-state index contributed by atoms with van der Waals surface area (Å²) in [6, 6.07) is 4.59.